The molecule has 7 heteroatoms. The van der Waals surface area contributed by atoms with Crippen molar-refractivity contribution in [3.63, 3.8) is 0 Å². The highest BCUT2D eigenvalue weighted by Crippen LogP contribution is 2.40. The zero-order valence-corrected chi connectivity index (χ0v) is 14.1. The number of carbonyl (C=O) groups excluding carboxylic acids is 1. The van der Waals surface area contributed by atoms with E-state index in [1.54, 1.807) is 0 Å². The largest absolute Gasteiger partial charge is 0.376 e. The lowest BCUT2D eigenvalue weighted by Crippen LogP contribution is -2.36. The molecule has 1 aliphatic carbocycles. The van der Waals surface area contributed by atoms with E-state index < -0.39 is 0 Å². The maximum atomic E-state index is 12.2. The molecular formula is C15H24N4O2S. The highest BCUT2D eigenvalue weighted by atomic mass is 32.2. The summed E-state index contributed by atoms with van der Waals surface area (Å²) in [6.45, 7) is 6.29. The Hall–Kier alpha value is -1.08. The molecule has 0 unspecified atom stereocenters. The van der Waals surface area contributed by atoms with Gasteiger partial charge in [-0.05, 0) is 39.5 Å². The fourth-order valence-electron chi connectivity index (χ4n) is 2.70. The van der Waals surface area contributed by atoms with Crippen LogP contribution >= 0.6 is 11.8 Å². The molecule has 0 radical (unpaired) electrons. The Morgan fingerprint density at radius 3 is 2.91 bits per heavy atom. The Bertz CT molecular complexity index is 524. The average molecular weight is 324 g/mol. The number of rotatable bonds is 7. The van der Waals surface area contributed by atoms with Gasteiger partial charge in [0.2, 0.25) is 5.91 Å². The fraction of sp³-hybridized carbons (Fsp3) is 0.800. The minimum atomic E-state index is -0.178. The molecule has 1 aliphatic heterocycles. The van der Waals surface area contributed by atoms with Crippen LogP contribution < -0.4 is 5.32 Å². The lowest BCUT2D eigenvalue weighted by atomic mass is 10.2. The predicted molar refractivity (Wildman–Crippen MR) is 85.0 cm³/mol. The highest BCUT2D eigenvalue weighted by molar-refractivity contribution is 8.00. The predicted octanol–water partition coefficient (Wildman–Crippen LogP) is 1.95. The first-order valence-electron chi connectivity index (χ1n) is 8.18. The maximum Gasteiger partial charge on any atom is 0.233 e. The van der Waals surface area contributed by atoms with Crippen LogP contribution in [0, 0.1) is 0 Å². The molecule has 2 aliphatic rings. The maximum absolute atomic E-state index is 12.2. The van der Waals surface area contributed by atoms with Crippen molar-refractivity contribution in [2.75, 3.05) is 13.2 Å². The highest BCUT2D eigenvalue weighted by Gasteiger charge is 2.30. The van der Waals surface area contributed by atoms with Crippen molar-refractivity contribution in [1.29, 1.82) is 0 Å². The molecule has 0 bridgehead atoms. The van der Waals surface area contributed by atoms with Crippen molar-refractivity contribution in [1.82, 2.24) is 20.1 Å². The van der Waals surface area contributed by atoms with E-state index in [4.69, 9.17) is 4.74 Å². The molecule has 6 nitrogen and oxygen atoms in total. The van der Waals surface area contributed by atoms with E-state index in [0.29, 0.717) is 12.5 Å². The van der Waals surface area contributed by atoms with Crippen LogP contribution in [-0.4, -0.2) is 45.2 Å². The average Bonchev–Trinajstić information content (AvgIpc) is 3.08. The molecule has 2 atom stereocenters. The van der Waals surface area contributed by atoms with Crippen molar-refractivity contribution < 1.29 is 9.53 Å². The molecule has 3 rings (SSSR count). The molecule has 0 spiro atoms. The number of hydrogen-bond donors (Lipinski definition) is 1. The van der Waals surface area contributed by atoms with Crippen LogP contribution in [0.25, 0.3) is 0 Å². The van der Waals surface area contributed by atoms with Crippen molar-refractivity contribution in [2.24, 2.45) is 0 Å². The second-order valence-electron chi connectivity index (χ2n) is 6.00. The molecule has 1 N–H and O–H groups in total. The smallest absolute Gasteiger partial charge is 0.233 e. The number of hydrogen-bond acceptors (Lipinski definition) is 5. The number of nitrogens with one attached hydrogen (secondary N) is 1. The van der Waals surface area contributed by atoms with Crippen molar-refractivity contribution in [2.45, 2.75) is 68.5 Å². The van der Waals surface area contributed by atoms with Crippen LogP contribution in [0.5, 0.6) is 0 Å². The van der Waals surface area contributed by atoms with Gasteiger partial charge in [-0.2, -0.15) is 0 Å². The van der Waals surface area contributed by atoms with Crippen LogP contribution in [0.1, 0.15) is 51.3 Å². The topological polar surface area (TPSA) is 69.0 Å². The summed E-state index contributed by atoms with van der Waals surface area (Å²) in [5.41, 5.74) is 0. The normalized spacial score (nSPS) is 22.7. The second kappa shape index (κ2) is 7.00. The van der Waals surface area contributed by atoms with Crippen molar-refractivity contribution in [3.05, 3.63) is 5.82 Å². The van der Waals surface area contributed by atoms with E-state index in [-0.39, 0.29) is 17.3 Å². The number of carbonyl (C=O) groups is 1. The van der Waals surface area contributed by atoms with Gasteiger partial charge in [0.25, 0.3) is 0 Å². The van der Waals surface area contributed by atoms with Gasteiger partial charge in [-0.25, -0.2) is 0 Å². The quantitative estimate of drug-likeness (QED) is 0.776. The molecule has 1 saturated carbocycles. The third kappa shape index (κ3) is 3.63. The first kappa shape index (κ1) is 15.8. The summed E-state index contributed by atoms with van der Waals surface area (Å²) >= 11 is 1.49. The number of aromatic nitrogens is 3. The fourth-order valence-corrected chi connectivity index (χ4v) is 3.65. The first-order valence-corrected chi connectivity index (χ1v) is 9.06. The molecule has 122 valence electrons. The van der Waals surface area contributed by atoms with Crippen LogP contribution in [0.3, 0.4) is 0 Å². The molecule has 2 fully saturated rings. The first-order chi connectivity index (χ1) is 10.7. The van der Waals surface area contributed by atoms with Crippen molar-refractivity contribution in [3.8, 4) is 0 Å². The SMILES string of the molecule is CCn1c(S[C@H](C)C(=O)NC[C@@H]2CCCO2)nnc1C1CC1. The molecular weight excluding hydrogens is 300 g/mol. The lowest BCUT2D eigenvalue weighted by Gasteiger charge is -2.15. The van der Waals surface area contributed by atoms with Gasteiger partial charge in [0, 0.05) is 25.6 Å². The van der Waals surface area contributed by atoms with E-state index in [9.17, 15) is 4.79 Å². The Kier molecular flexibility index (Phi) is 5.03. The van der Waals surface area contributed by atoms with Gasteiger partial charge >= 0.3 is 0 Å². The van der Waals surface area contributed by atoms with Gasteiger partial charge in [0.05, 0.1) is 11.4 Å². The molecule has 1 aromatic rings. The Morgan fingerprint density at radius 1 is 1.45 bits per heavy atom. The minimum absolute atomic E-state index is 0.0409. The van der Waals surface area contributed by atoms with Gasteiger partial charge < -0.3 is 14.6 Å². The lowest BCUT2D eigenvalue weighted by molar-refractivity contribution is -0.120. The van der Waals surface area contributed by atoms with E-state index >= 15 is 0 Å². The summed E-state index contributed by atoms with van der Waals surface area (Å²) < 4.78 is 7.67. The van der Waals surface area contributed by atoms with Crippen LogP contribution in [0.4, 0.5) is 0 Å². The van der Waals surface area contributed by atoms with Crippen LogP contribution in [-0.2, 0) is 16.1 Å². The number of thioether (sulfide) groups is 1. The zero-order valence-electron chi connectivity index (χ0n) is 13.2. The van der Waals surface area contributed by atoms with E-state index in [2.05, 4.69) is 27.0 Å². The third-order valence-corrected chi connectivity index (χ3v) is 5.26. The Labute approximate surface area is 135 Å². The second-order valence-corrected chi connectivity index (χ2v) is 7.31. The molecule has 1 saturated heterocycles. The summed E-state index contributed by atoms with van der Waals surface area (Å²) in [4.78, 5) is 12.2. The van der Waals surface area contributed by atoms with E-state index in [1.165, 1.54) is 24.6 Å². The summed E-state index contributed by atoms with van der Waals surface area (Å²) in [6, 6.07) is 0. The van der Waals surface area contributed by atoms with Gasteiger partial charge in [-0.1, -0.05) is 11.8 Å². The Balaban J connectivity index is 1.54. The summed E-state index contributed by atoms with van der Waals surface area (Å²) in [5, 5.41) is 12.2. The third-order valence-electron chi connectivity index (χ3n) is 4.18. The number of amides is 1. The minimum Gasteiger partial charge on any atom is -0.376 e. The van der Waals surface area contributed by atoms with Gasteiger partial charge in [-0.15, -0.1) is 10.2 Å². The number of nitrogens with zero attached hydrogens (tertiary/aromatic N) is 3. The summed E-state index contributed by atoms with van der Waals surface area (Å²) in [5.74, 6) is 1.70. The molecule has 1 amide bonds. The standard InChI is InChI=1S/C15H24N4O2S/c1-3-19-13(11-6-7-11)17-18-15(19)22-10(2)14(20)16-9-12-5-4-8-21-12/h10-12H,3-9H2,1-2H3,(H,16,20)/t10-,12+/m1/s1. The van der Waals surface area contributed by atoms with E-state index in [0.717, 1.165) is 37.0 Å². The van der Waals surface area contributed by atoms with E-state index in [1.807, 2.05) is 6.92 Å². The summed E-state index contributed by atoms with van der Waals surface area (Å²) in [6.07, 6.45) is 4.73. The van der Waals surface area contributed by atoms with Crippen molar-refractivity contribution >= 4 is 17.7 Å². The molecule has 22 heavy (non-hydrogen) atoms. The molecule has 1 aromatic heterocycles. The van der Waals surface area contributed by atoms with Crippen LogP contribution in [0.2, 0.25) is 0 Å². The Morgan fingerprint density at radius 2 is 2.27 bits per heavy atom. The molecule has 2 heterocycles. The molecule has 0 aromatic carbocycles. The zero-order chi connectivity index (χ0) is 15.5. The number of ether oxygens (including phenoxy) is 1. The monoisotopic (exact) mass is 324 g/mol. The van der Waals surface area contributed by atoms with Gasteiger partial charge in [0.1, 0.15) is 5.82 Å². The van der Waals surface area contributed by atoms with Gasteiger partial charge in [-0.3, -0.25) is 4.79 Å². The summed E-state index contributed by atoms with van der Waals surface area (Å²) in [7, 11) is 0. The van der Waals surface area contributed by atoms with Gasteiger partial charge in [0.15, 0.2) is 5.16 Å². The van der Waals surface area contributed by atoms with Crippen LogP contribution in [0.15, 0.2) is 5.16 Å².